The summed E-state index contributed by atoms with van der Waals surface area (Å²) >= 11 is 0. The van der Waals surface area contributed by atoms with E-state index in [4.69, 9.17) is 4.74 Å². The number of aromatic nitrogens is 1. The van der Waals surface area contributed by atoms with Crippen molar-refractivity contribution < 1.29 is 9.53 Å². The molecule has 2 aliphatic heterocycles. The molecular weight excluding hydrogens is 326 g/mol. The molecule has 0 bridgehead atoms. The number of piperidine rings is 1. The fourth-order valence-corrected chi connectivity index (χ4v) is 4.81. The average Bonchev–Trinajstić information content (AvgIpc) is 3.40. The molecular formula is C21H31N3O2. The van der Waals surface area contributed by atoms with Crippen LogP contribution in [0.1, 0.15) is 37.1 Å². The van der Waals surface area contributed by atoms with Gasteiger partial charge in [0.1, 0.15) is 0 Å². The minimum absolute atomic E-state index is 0.0468. The van der Waals surface area contributed by atoms with Crippen LogP contribution < -0.4 is 0 Å². The number of rotatable bonds is 6. The molecule has 1 aromatic rings. The maximum absolute atomic E-state index is 13.0. The Morgan fingerprint density at radius 3 is 2.69 bits per heavy atom. The molecule has 1 spiro atoms. The van der Waals surface area contributed by atoms with Gasteiger partial charge in [0, 0.05) is 37.9 Å². The zero-order chi connectivity index (χ0) is 18.1. The zero-order valence-electron chi connectivity index (χ0n) is 16.1. The van der Waals surface area contributed by atoms with Gasteiger partial charge in [0.15, 0.2) is 0 Å². The summed E-state index contributed by atoms with van der Waals surface area (Å²) in [5.74, 6) is 1.14. The summed E-state index contributed by atoms with van der Waals surface area (Å²) in [5, 5.41) is 0. The molecule has 4 rings (SSSR count). The molecule has 1 amide bonds. The van der Waals surface area contributed by atoms with Crippen LogP contribution in [0.4, 0.5) is 0 Å². The molecule has 5 nitrogen and oxygen atoms in total. The summed E-state index contributed by atoms with van der Waals surface area (Å²) in [6, 6.07) is 6.24. The van der Waals surface area contributed by atoms with Crippen molar-refractivity contribution in [3.63, 3.8) is 0 Å². The van der Waals surface area contributed by atoms with E-state index in [1.54, 1.807) is 7.11 Å². The van der Waals surface area contributed by atoms with E-state index in [0.29, 0.717) is 12.5 Å². The molecule has 0 aromatic carbocycles. The molecule has 1 unspecified atom stereocenters. The second-order valence-electron chi connectivity index (χ2n) is 8.58. The van der Waals surface area contributed by atoms with Crippen molar-refractivity contribution in [3.8, 4) is 0 Å². The molecule has 0 radical (unpaired) electrons. The molecule has 1 aliphatic carbocycles. The first-order valence-electron chi connectivity index (χ1n) is 10.0. The molecule has 2 saturated heterocycles. The topological polar surface area (TPSA) is 45.7 Å². The van der Waals surface area contributed by atoms with Crippen molar-refractivity contribution >= 4 is 5.91 Å². The predicted molar refractivity (Wildman–Crippen MR) is 101 cm³/mol. The molecule has 142 valence electrons. The van der Waals surface area contributed by atoms with E-state index < -0.39 is 0 Å². The molecule has 3 heterocycles. The summed E-state index contributed by atoms with van der Waals surface area (Å²) in [6.07, 6.45) is 4.76. The number of methoxy groups -OCH3 is 1. The van der Waals surface area contributed by atoms with Crippen LogP contribution in [-0.4, -0.2) is 60.6 Å². The lowest BCUT2D eigenvalue weighted by molar-refractivity contribution is -0.133. The Morgan fingerprint density at radius 1 is 1.27 bits per heavy atom. The van der Waals surface area contributed by atoms with Gasteiger partial charge in [-0.3, -0.25) is 14.7 Å². The van der Waals surface area contributed by atoms with E-state index in [9.17, 15) is 4.79 Å². The van der Waals surface area contributed by atoms with Gasteiger partial charge >= 0.3 is 0 Å². The molecule has 0 N–H and O–H groups in total. The number of aryl methyl sites for hydroxylation is 1. The van der Waals surface area contributed by atoms with Crippen LogP contribution in [0.25, 0.3) is 0 Å². The highest BCUT2D eigenvalue weighted by atomic mass is 16.5. The largest absolute Gasteiger partial charge is 0.384 e. The van der Waals surface area contributed by atoms with Crippen molar-refractivity contribution in [2.75, 3.05) is 39.9 Å². The molecule has 26 heavy (non-hydrogen) atoms. The Morgan fingerprint density at radius 2 is 2.04 bits per heavy atom. The smallest absolute Gasteiger partial charge is 0.228 e. The van der Waals surface area contributed by atoms with E-state index in [0.717, 1.165) is 62.9 Å². The van der Waals surface area contributed by atoms with Crippen molar-refractivity contribution in [2.24, 2.45) is 17.3 Å². The lowest BCUT2D eigenvalue weighted by Crippen LogP contribution is -2.45. The summed E-state index contributed by atoms with van der Waals surface area (Å²) < 4.78 is 5.46. The number of nitrogens with zero attached hydrogens (tertiary/aromatic N) is 3. The number of hydrogen-bond acceptors (Lipinski definition) is 4. The van der Waals surface area contributed by atoms with E-state index >= 15 is 0 Å². The predicted octanol–water partition coefficient (Wildman–Crippen LogP) is 2.49. The highest BCUT2D eigenvalue weighted by molar-refractivity contribution is 5.82. The number of hydrogen-bond donors (Lipinski definition) is 0. The van der Waals surface area contributed by atoms with Crippen molar-refractivity contribution in [1.82, 2.24) is 14.8 Å². The first-order valence-corrected chi connectivity index (χ1v) is 10.0. The van der Waals surface area contributed by atoms with Crippen LogP contribution in [0.15, 0.2) is 18.2 Å². The molecule has 1 atom stereocenters. The Balaban J connectivity index is 1.41. The quantitative estimate of drug-likeness (QED) is 0.785. The average molecular weight is 357 g/mol. The number of ether oxygens (including phenoxy) is 1. The van der Waals surface area contributed by atoms with Crippen molar-refractivity contribution in [3.05, 3.63) is 29.6 Å². The van der Waals surface area contributed by atoms with Crippen LogP contribution in [-0.2, 0) is 16.1 Å². The number of carbonyl (C=O) groups excluding carboxylic acids is 1. The van der Waals surface area contributed by atoms with E-state index in [1.165, 1.54) is 12.8 Å². The zero-order valence-corrected chi connectivity index (χ0v) is 16.1. The van der Waals surface area contributed by atoms with Crippen LogP contribution in [0.5, 0.6) is 0 Å². The van der Waals surface area contributed by atoms with Crippen LogP contribution in [0.2, 0.25) is 0 Å². The van der Waals surface area contributed by atoms with Gasteiger partial charge in [0.2, 0.25) is 5.91 Å². The molecule has 1 aromatic heterocycles. The van der Waals surface area contributed by atoms with Gasteiger partial charge in [0.25, 0.3) is 0 Å². The van der Waals surface area contributed by atoms with Crippen LogP contribution in [0, 0.1) is 24.2 Å². The highest BCUT2D eigenvalue weighted by Gasteiger charge is 2.53. The normalized spacial score (nSPS) is 26.0. The molecule has 5 heteroatoms. The Hall–Kier alpha value is -1.46. The fourth-order valence-electron chi connectivity index (χ4n) is 4.81. The summed E-state index contributed by atoms with van der Waals surface area (Å²) in [6.45, 7) is 7.51. The van der Waals surface area contributed by atoms with Gasteiger partial charge in [-0.1, -0.05) is 6.07 Å². The maximum Gasteiger partial charge on any atom is 0.228 e. The van der Waals surface area contributed by atoms with Crippen LogP contribution in [0.3, 0.4) is 0 Å². The van der Waals surface area contributed by atoms with Gasteiger partial charge in [-0.25, -0.2) is 0 Å². The second kappa shape index (κ2) is 7.28. The first-order chi connectivity index (χ1) is 12.6. The van der Waals surface area contributed by atoms with Gasteiger partial charge in [-0.15, -0.1) is 0 Å². The third-order valence-corrected chi connectivity index (χ3v) is 6.55. The first kappa shape index (κ1) is 17.9. The number of pyridine rings is 1. The number of likely N-dealkylation sites (tertiary alicyclic amines) is 2. The van der Waals surface area contributed by atoms with Crippen molar-refractivity contribution in [2.45, 2.75) is 39.2 Å². The SMILES string of the molecule is COCC1C(=O)N(CC2CC2)CC12CCN(Cc1cccc(C)n1)CC2. The van der Waals surface area contributed by atoms with Gasteiger partial charge in [-0.05, 0) is 63.7 Å². The Labute approximate surface area is 156 Å². The minimum atomic E-state index is 0.0468. The lowest BCUT2D eigenvalue weighted by Gasteiger charge is -2.41. The molecule has 1 saturated carbocycles. The second-order valence-corrected chi connectivity index (χ2v) is 8.58. The van der Waals surface area contributed by atoms with E-state index in [2.05, 4.69) is 26.9 Å². The summed E-state index contributed by atoms with van der Waals surface area (Å²) in [7, 11) is 1.73. The Bertz CT molecular complexity index is 650. The van der Waals surface area contributed by atoms with Crippen LogP contribution >= 0.6 is 0 Å². The van der Waals surface area contributed by atoms with Gasteiger partial charge < -0.3 is 9.64 Å². The molecule has 3 fully saturated rings. The summed E-state index contributed by atoms with van der Waals surface area (Å²) in [5.41, 5.74) is 2.33. The monoisotopic (exact) mass is 357 g/mol. The van der Waals surface area contributed by atoms with E-state index in [1.807, 2.05) is 13.0 Å². The fraction of sp³-hybridized carbons (Fsp3) is 0.714. The summed E-state index contributed by atoms with van der Waals surface area (Å²) in [4.78, 5) is 22.2. The standard InChI is InChI=1S/C21H31N3O2/c1-16-4-3-5-18(22-16)13-23-10-8-21(9-11-23)15-24(12-17-6-7-17)20(25)19(21)14-26-2/h3-5,17,19H,6-15H2,1-2H3. The lowest BCUT2D eigenvalue weighted by atomic mass is 9.71. The molecule has 3 aliphatic rings. The number of amides is 1. The maximum atomic E-state index is 13.0. The highest BCUT2D eigenvalue weighted by Crippen LogP contribution is 2.46. The third-order valence-electron chi connectivity index (χ3n) is 6.55. The van der Waals surface area contributed by atoms with Gasteiger partial charge in [0.05, 0.1) is 18.2 Å². The van der Waals surface area contributed by atoms with Crippen molar-refractivity contribution in [1.29, 1.82) is 0 Å². The van der Waals surface area contributed by atoms with E-state index in [-0.39, 0.29) is 11.3 Å². The third kappa shape index (κ3) is 3.65. The minimum Gasteiger partial charge on any atom is -0.384 e. The Kier molecular flexibility index (Phi) is 5.02. The van der Waals surface area contributed by atoms with Gasteiger partial charge in [-0.2, -0.15) is 0 Å². The number of carbonyl (C=O) groups is 1.